The van der Waals surface area contributed by atoms with Gasteiger partial charge in [0.15, 0.2) is 0 Å². The highest BCUT2D eigenvalue weighted by atomic mass is 32.1. The first kappa shape index (κ1) is 9.33. The molecule has 0 saturated heterocycles. The summed E-state index contributed by atoms with van der Waals surface area (Å²) in [6.45, 7) is 6.52. The van der Waals surface area contributed by atoms with Crippen LogP contribution in [0.3, 0.4) is 0 Å². The normalized spacial score (nSPS) is 12.6. The maximum Gasteiger partial charge on any atom is 0.0497 e. The molecule has 0 aliphatic heterocycles. The molecular formula is C10H15NS. The second-order valence-electron chi connectivity index (χ2n) is 3.94. The van der Waals surface area contributed by atoms with E-state index in [1.807, 2.05) is 11.4 Å². The van der Waals surface area contributed by atoms with Crippen molar-refractivity contribution in [3.05, 3.63) is 22.4 Å². The van der Waals surface area contributed by atoms with Crippen LogP contribution in [0.15, 0.2) is 17.5 Å². The molecule has 2 N–H and O–H groups in total. The molecule has 0 radical (unpaired) electrons. The van der Waals surface area contributed by atoms with Gasteiger partial charge in [-0.05, 0) is 22.9 Å². The van der Waals surface area contributed by atoms with Crippen LogP contribution in [-0.4, -0.2) is 0 Å². The average molecular weight is 181 g/mol. The Labute approximate surface area is 77.9 Å². The molecule has 1 aromatic heterocycles. The molecule has 0 atom stereocenters. The van der Waals surface area contributed by atoms with Crippen molar-refractivity contribution >= 4 is 23.1 Å². The van der Waals surface area contributed by atoms with Crippen LogP contribution in [0.25, 0.3) is 6.08 Å². The van der Waals surface area contributed by atoms with Crippen LogP contribution in [0.2, 0.25) is 0 Å². The summed E-state index contributed by atoms with van der Waals surface area (Å²) in [7, 11) is 0. The highest BCUT2D eigenvalue weighted by Gasteiger charge is 2.04. The van der Waals surface area contributed by atoms with Crippen molar-refractivity contribution in [2.24, 2.45) is 5.41 Å². The standard InChI is InChI=1S/C10H15NS/c1-10(2,3)6-4-9-8(11)5-7-12-9/h4-7H,11H2,1-3H3/b6-4+. The fraction of sp³-hybridized carbons (Fsp3) is 0.400. The molecule has 1 aromatic rings. The van der Waals surface area contributed by atoms with E-state index in [1.165, 1.54) is 0 Å². The molecule has 12 heavy (non-hydrogen) atoms. The summed E-state index contributed by atoms with van der Waals surface area (Å²) in [6.07, 6.45) is 4.27. The molecule has 0 aliphatic rings. The molecule has 1 nitrogen and oxygen atoms in total. The van der Waals surface area contributed by atoms with Gasteiger partial charge >= 0.3 is 0 Å². The zero-order valence-electron chi connectivity index (χ0n) is 7.79. The predicted molar refractivity (Wildman–Crippen MR) is 57.2 cm³/mol. The molecule has 0 aromatic carbocycles. The van der Waals surface area contributed by atoms with E-state index in [0.717, 1.165) is 10.6 Å². The van der Waals surface area contributed by atoms with E-state index in [9.17, 15) is 0 Å². The van der Waals surface area contributed by atoms with Gasteiger partial charge in [0.1, 0.15) is 0 Å². The van der Waals surface area contributed by atoms with Crippen LogP contribution in [0.1, 0.15) is 25.6 Å². The fourth-order valence-corrected chi connectivity index (χ4v) is 1.50. The number of hydrogen-bond acceptors (Lipinski definition) is 2. The number of nitrogens with two attached hydrogens (primary N) is 1. The lowest BCUT2D eigenvalue weighted by Gasteiger charge is -2.10. The number of thiophene rings is 1. The minimum atomic E-state index is 0.233. The molecule has 0 saturated carbocycles. The Morgan fingerprint density at radius 1 is 1.42 bits per heavy atom. The maximum absolute atomic E-state index is 5.73. The van der Waals surface area contributed by atoms with Crippen LogP contribution in [0, 0.1) is 5.41 Å². The van der Waals surface area contributed by atoms with Gasteiger partial charge in [-0.3, -0.25) is 0 Å². The van der Waals surface area contributed by atoms with Crippen LogP contribution in [-0.2, 0) is 0 Å². The van der Waals surface area contributed by atoms with Gasteiger partial charge < -0.3 is 5.73 Å². The molecular weight excluding hydrogens is 166 g/mol. The van der Waals surface area contributed by atoms with Crippen molar-refractivity contribution in [2.75, 3.05) is 5.73 Å². The van der Waals surface area contributed by atoms with Crippen LogP contribution in [0.5, 0.6) is 0 Å². The predicted octanol–water partition coefficient (Wildman–Crippen LogP) is 3.39. The summed E-state index contributed by atoms with van der Waals surface area (Å²) in [5, 5.41) is 2.01. The molecule has 0 amide bonds. The summed E-state index contributed by atoms with van der Waals surface area (Å²) < 4.78 is 0. The Morgan fingerprint density at radius 3 is 2.50 bits per heavy atom. The van der Waals surface area contributed by atoms with Gasteiger partial charge in [0.25, 0.3) is 0 Å². The average Bonchev–Trinajstić information content (AvgIpc) is 2.29. The van der Waals surface area contributed by atoms with E-state index in [0.29, 0.717) is 0 Å². The van der Waals surface area contributed by atoms with Crippen molar-refractivity contribution in [3.63, 3.8) is 0 Å². The van der Waals surface area contributed by atoms with Crippen molar-refractivity contribution in [2.45, 2.75) is 20.8 Å². The second-order valence-corrected chi connectivity index (χ2v) is 4.89. The van der Waals surface area contributed by atoms with Gasteiger partial charge in [0.05, 0.1) is 0 Å². The number of anilines is 1. The first-order valence-electron chi connectivity index (χ1n) is 4.01. The Bertz CT molecular complexity index is 278. The Hall–Kier alpha value is -0.760. The minimum Gasteiger partial charge on any atom is -0.398 e. The molecule has 0 aliphatic carbocycles. The number of nitrogen functional groups attached to an aromatic ring is 1. The topological polar surface area (TPSA) is 26.0 Å². The SMILES string of the molecule is CC(C)(C)/C=C/c1sccc1N. The summed E-state index contributed by atoms with van der Waals surface area (Å²) in [4.78, 5) is 1.16. The van der Waals surface area contributed by atoms with Gasteiger partial charge in [0, 0.05) is 10.6 Å². The van der Waals surface area contributed by atoms with Gasteiger partial charge in [0.2, 0.25) is 0 Å². The molecule has 1 heterocycles. The lowest BCUT2D eigenvalue weighted by atomic mass is 9.96. The van der Waals surface area contributed by atoms with Gasteiger partial charge in [-0.15, -0.1) is 11.3 Å². The molecule has 0 fully saturated rings. The van der Waals surface area contributed by atoms with Crippen LogP contribution < -0.4 is 5.73 Å². The first-order valence-corrected chi connectivity index (χ1v) is 4.89. The summed E-state index contributed by atoms with van der Waals surface area (Å²) >= 11 is 1.68. The quantitative estimate of drug-likeness (QED) is 0.706. The van der Waals surface area contributed by atoms with E-state index in [4.69, 9.17) is 5.73 Å². The zero-order valence-corrected chi connectivity index (χ0v) is 8.61. The lowest BCUT2D eigenvalue weighted by Crippen LogP contribution is -1.97. The monoisotopic (exact) mass is 181 g/mol. The maximum atomic E-state index is 5.73. The van der Waals surface area contributed by atoms with Crippen molar-refractivity contribution < 1.29 is 0 Å². The third kappa shape index (κ3) is 2.70. The third-order valence-electron chi connectivity index (χ3n) is 1.46. The van der Waals surface area contributed by atoms with Crippen LogP contribution in [0.4, 0.5) is 5.69 Å². The molecule has 1 rings (SSSR count). The number of rotatable bonds is 1. The van der Waals surface area contributed by atoms with E-state index < -0.39 is 0 Å². The Balaban J connectivity index is 2.77. The number of allylic oxidation sites excluding steroid dienone is 1. The molecule has 0 bridgehead atoms. The molecule has 0 unspecified atom stereocenters. The molecule has 2 heteroatoms. The smallest absolute Gasteiger partial charge is 0.0497 e. The summed E-state index contributed by atoms with van der Waals surface area (Å²) in [6, 6.07) is 1.94. The minimum absolute atomic E-state index is 0.233. The highest BCUT2D eigenvalue weighted by Crippen LogP contribution is 2.23. The Kier molecular flexibility index (Phi) is 2.58. The zero-order chi connectivity index (χ0) is 9.19. The van der Waals surface area contributed by atoms with E-state index in [1.54, 1.807) is 11.3 Å². The summed E-state index contributed by atoms with van der Waals surface area (Å²) in [5.41, 5.74) is 6.84. The van der Waals surface area contributed by atoms with E-state index in [-0.39, 0.29) is 5.41 Å². The first-order chi connectivity index (χ1) is 5.49. The lowest BCUT2D eigenvalue weighted by molar-refractivity contribution is 0.547. The summed E-state index contributed by atoms with van der Waals surface area (Å²) in [5.74, 6) is 0. The fourth-order valence-electron chi connectivity index (χ4n) is 0.792. The van der Waals surface area contributed by atoms with E-state index in [2.05, 4.69) is 32.9 Å². The third-order valence-corrected chi connectivity index (χ3v) is 2.36. The van der Waals surface area contributed by atoms with Crippen LogP contribution >= 0.6 is 11.3 Å². The van der Waals surface area contributed by atoms with Gasteiger partial charge in [-0.1, -0.05) is 26.8 Å². The molecule has 66 valence electrons. The van der Waals surface area contributed by atoms with Crippen molar-refractivity contribution in [3.8, 4) is 0 Å². The molecule has 0 spiro atoms. The van der Waals surface area contributed by atoms with Crippen molar-refractivity contribution in [1.82, 2.24) is 0 Å². The van der Waals surface area contributed by atoms with Crippen molar-refractivity contribution in [1.29, 1.82) is 0 Å². The van der Waals surface area contributed by atoms with Gasteiger partial charge in [-0.2, -0.15) is 0 Å². The number of hydrogen-bond donors (Lipinski definition) is 1. The van der Waals surface area contributed by atoms with E-state index >= 15 is 0 Å². The van der Waals surface area contributed by atoms with Gasteiger partial charge in [-0.25, -0.2) is 0 Å². The highest BCUT2D eigenvalue weighted by molar-refractivity contribution is 7.11. The Morgan fingerprint density at radius 2 is 2.08 bits per heavy atom. The second kappa shape index (κ2) is 3.31. The largest absolute Gasteiger partial charge is 0.398 e.